The quantitative estimate of drug-likeness (QED) is 0.548. The van der Waals surface area contributed by atoms with Gasteiger partial charge in [0.1, 0.15) is 12.4 Å². The van der Waals surface area contributed by atoms with Crippen molar-refractivity contribution < 1.29 is 33.3 Å². The third-order valence-corrected chi connectivity index (χ3v) is 5.76. The van der Waals surface area contributed by atoms with Gasteiger partial charge in [-0.25, -0.2) is 9.97 Å². The Labute approximate surface area is 198 Å². The van der Waals surface area contributed by atoms with Gasteiger partial charge in [0, 0.05) is 18.9 Å². The van der Waals surface area contributed by atoms with Gasteiger partial charge in [-0.3, -0.25) is 9.59 Å². The molecule has 1 fully saturated rings. The predicted molar refractivity (Wildman–Crippen MR) is 123 cm³/mol. The summed E-state index contributed by atoms with van der Waals surface area (Å²) in [4.78, 5) is 33.0. The number of rotatable bonds is 9. The van der Waals surface area contributed by atoms with Gasteiger partial charge in [-0.1, -0.05) is 6.07 Å². The van der Waals surface area contributed by atoms with Gasteiger partial charge in [-0.2, -0.15) is 0 Å². The summed E-state index contributed by atoms with van der Waals surface area (Å²) in [6, 6.07) is 5.44. The summed E-state index contributed by atoms with van der Waals surface area (Å²) in [6.45, 7) is 3.78. The van der Waals surface area contributed by atoms with Crippen molar-refractivity contribution in [2.24, 2.45) is 0 Å². The minimum Gasteiger partial charge on any atom is -0.493 e. The van der Waals surface area contributed by atoms with Crippen molar-refractivity contribution in [2.45, 2.75) is 51.2 Å². The molecular weight excluding hydrogens is 442 g/mol. The van der Waals surface area contributed by atoms with Crippen LogP contribution in [0.25, 0.3) is 0 Å². The summed E-state index contributed by atoms with van der Waals surface area (Å²) in [5.74, 6) is 0.598. The molecular formula is C24H31N3O7. The van der Waals surface area contributed by atoms with Gasteiger partial charge >= 0.3 is 5.97 Å². The van der Waals surface area contributed by atoms with Gasteiger partial charge in [-0.15, -0.1) is 0 Å². The number of carbonyl (C=O) groups excluding carboxylic acids is 2. The maximum absolute atomic E-state index is 13.3. The molecule has 0 spiro atoms. The lowest BCUT2D eigenvalue weighted by atomic mass is 9.78. The SMILES string of the molecule is CCOc1cc([C@H]2C[C@H](OC(C)=O)CC[C@H]2NC(=O)c2c(OC)ncnc2OC)ccc1OC. The zero-order chi connectivity index (χ0) is 24.7. The third kappa shape index (κ3) is 5.67. The summed E-state index contributed by atoms with van der Waals surface area (Å²) >= 11 is 0. The molecule has 1 N–H and O–H groups in total. The third-order valence-electron chi connectivity index (χ3n) is 5.76. The number of aromatic nitrogens is 2. The molecule has 1 aliphatic carbocycles. The van der Waals surface area contributed by atoms with E-state index in [2.05, 4.69) is 15.3 Å². The van der Waals surface area contributed by atoms with Gasteiger partial charge in [0.25, 0.3) is 5.91 Å². The summed E-state index contributed by atoms with van der Waals surface area (Å²) < 4.78 is 27.2. The van der Waals surface area contributed by atoms with E-state index < -0.39 is 5.91 Å². The molecule has 3 rings (SSSR count). The highest BCUT2D eigenvalue weighted by atomic mass is 16.5. The fourth-order valence-electron chi connectivity index (χ4n) is 4.31. The first-order valence-corrected chi connectivity index (χ1v) is 11.1. The molecule has 10 nitrogen and oxygen atoms in total. The molecule has 0 saturated heterocycles. The molecule has 0 aliphatic heterocycles. The number of benzene rings is 1. The van der Waals surface area contributed by atoms with Crippen molar-refractivity contribution in [3.05, 3.63) is 35.7 Å². The zero-order valence-corrected chi connectivity index (χ0v) is 20.1. The van der Waals surface area contributed by atoms with E-state index in [4.69, 9.17) is 23.7 Å². The predicted octanol–water partition coefficient (Wildman–Crippen LogP) is 2.90. The Kier molecular flexibility index (Phi) is 8.50. The molecule has 3 atom stereocenters. The fraction of sp³-hybridized carbons (Fsp3) is 0.500. The molecule has 10 heteroatoms. The van der Waals surface area contributed by atoms with E-state index in [1.165, 1.54) is 27.5 Å². The second-order valence-electron chi connectivity index (χ2n) is 7.84. The smallest absolute Gasteiger partial charge is 0.302 e. The van der Waals surface area contributed by atoms with Crippen molar-refractivity contribution in [3.8, 4) is 23.3 Å². The lowest BCUT2D eigenvalue weighted by Gasteiger charge is -2.36. The van der Waals surface area contributed by atoms with Gasteiger partial charge in [0.2, 0.25) is 11.8 Å². The van der Waals surface area contributed by atoms with Crippen LogP contribution in [0.1, 0.15) is 54.9 Å². The molecule has 1 saturated carbocycles. The second kappa shape index (κ2) is 11.5. The Morgan fingerprint density at radius 3 is 2.32 bits per heavy atom. The summed E-state index contributed by atoms with van der Waals surface area (Å²) in [7, 11) is 4.44. The standard InChI is InChI=1S/C24H31N3O7/c1-6-33-20-11-15(7-10-19(20)30-3)17-12-16(34-14(2)28)8-9-18(17)27-22(29)21-23(31-4)25-13-26-24(21)32-5/h7,10-11,13,16-18H,6,8-9,12H2,1-5H3,(H,27,29)/t16-,17-,18-/m1/s1. The van der Waals surface area contributed by atoms with Crippen LogP contribution in [-0.4, -0.2) is 61.9 Å². The lowest BCUT2D eigenvalue weighted by molar-refractivity contribution is -0.148. The van der Waals surface area contributed by atoms with Crippen LogP contribution in [0.4, 0.5) is 0 Å². The van der Waals surface area contributed by atoms with Crippen LogP contribution in [0.2, 0.25) is 0 Å². The molecule has 2 aromatic rings. The first-order valence-electron chi connectivity index (χ1n) is 11.1. The molecule has 34 heavy (non-hydrogen) atoms. The minimum absolute atomic E-state index is 0.123. The van der Waals surface area contributed by atoms with Gasteiger partial charge in [0.15, 0.2) is 17.1 Å². The Balaban J connectivity index is 1.93. The van der Waals surface area contributed by atoms with Crippen LogP contribution in [0, 0.1) is 0 Å². The molecule has 0 unspecified atom stereocenters. The molecule has 1 aromatic carbocycles. The van der Waals surface area contributed by atoms with E-state index in [1.807, 2.05) is 25.1 Å². The molecule has 0 radical (unpaired) electrons. The summed E-state index contributed by atoms with van der Waals surface area (Å²) in [5.41, 5.74) is 1.06. The van der Waals surface area contributed by atoms with Crippen LogP contribution >= 0.6 is 0 Å². The zero-order valence-electron chi connectivity index (χ0n) is 20.1. The van der Waals surface area contributed by atoms with Gasteiger partial charge < -0.3 is 29.0 Å². The molecule has 1 aliphatic rings. The average molecular weight is 474 g/mol. The number of hydrogen-bond donors (Lipinski definition) is 1. The molecule has 0 bridgehead atoms. The average Bonchev–Trinajstić information content (AvgIpc) is 2.84. The van der Waals surface area contributed by atoms with Crippen molar-refractivity contribution in [1.29, 1.82) is 0 Å². The maximum atomic E-state index is 13.3. The number of nitrogens with zero attached hydrogens (tertiary/aromatic N) is 2. The largest absolute Gasteiger partial charge is 0.493 e. The first kappa shape index (κ1) is 25.1. The van der Waals surface area contributed by atoms with Gasteiger partial charge in [0.05, 0.1) is 27.9 Å². The monoisotopic (exact) mass is 473 g/mol. The van der Waals surface area contributed by atoms with Crippen LogP contribution in [-0.2, 0) is 9.53 Å². The van der Waals surface area contributed by atoms with E-state index >= 15 is 0 Å². The number of ether oxygens (including phenoxy) is 5. The number of methoxy groups -OCH3 is 3. The number of carbonyl (C=O) groups is 2. The number of hydrogen-bond acceptors (Lipinski definition) is 9. The molecule has 184 valence electrons. The highest BCUT2D eigenvalue weighted by Gasteiger charge is 2.36. The highest BCUT2D eigenvalue weighted by molar-refractivity contribution is 5.98. The van der Waals surface area contributed by atoms with Crippen molar-refractivity contribution >= 4 is 11.9 Å². The summed E-state index contributed by atoms with van der Waals surface area (Å²) in [5, 5.41) is 3.10. The molecule has 1 amide bonds. The van der Waals surface area contributed by atoms with E-state index in [1.54, 1.807) is 7.11 Å². The van der Waals surface area contributed by atoms with Crippen LogP contribution < -0.4 is 24.3 Å². The number of amides is 1. The highest BCUT2D eigenvalue weighted by Crippen LogP contribution is 2.39. The number of nitrogens with one attached hydrogen (secondary N) is 1. The van der Waals surface area contributed by atoms with Crippen LogP contribution in [0.15, 0.2) is 24.5 Å². The molecule has 1 heterocycles. The maximum Gasteiger partial charge on any atom is 0.302 e. The fourth-order valence-corrected chi connectivity index (χ4v) is 4.31. The number of esters is 1. The first-order chi connectivity index (χ1) is 16.4. The topological polar surface area (TPSA) is 118 Å². The Bertz CT molecular complexity index is 992. The van der Waals surface area contributed by atoms with E-state index in [0.717, 1.165) is 5.56 Å². The summed E-state index contributed by atoms with van der Waals surface area (Å²) in [6.07, 6.45) is 2.78. The van der Waals surface area contributed by atoms with Crippen molar-refractivity contribution in [2.75, 3.05) is 27.9 Å². The van der Waals surface area contributed by atoms with Crippen LogP contribution in [0.3, 0.4) is 0 Å². The van der Waals surface area contributed by atoms with Gasteiger partial charge in [-0.05, 0) is 43.9 Å². The van der Waals surface area contributed by atoms with Crippen molar-refractivity contribution in [1.82, 2.24) is 15.3 Å². The second-order valence-corrected chi connectivity index (χ2v) is 7.84. The molecule has 1 aromatic heterocycles. The van der Waals surface area contributed by atoms with Crippen molar-refractivity contribution in [3.63, 3.8) is 0 Å². The Morgan fingerprint density at radius 2 is 1.74 bits per heavy atom. The minimum atomic E-state index is -0.409. The van der Waals surface area contributed by atoms with E-state index in [-0.39, 0.29) is 41.4 Å². The van der Waals surface area contributed by atoms with E-state index in [9.17, 15) is 9.59 Å². The van der Waals surface area contributed by atoms with E-state index in [0.29, 0.717) is 37.4 Å². The Morgan fingerprint density at radius 1 is 1.03 bits per heavy atom. The van der Waals surface area contributed by atoms with Crippen LogP contribution in [0.5, 0.6) is 23.3 Å². The Hall–Kier alpha value is -3.56. The normalized spacial score (nSPS) is 19.6. The lowest BCUT2D eigenvalue weighted by Crippen LogP contribution is -2.44.